The molecule has 0 fully saturated rings. The minimum Gasteiger partial charge on any atom is -0.434 e. The standard InChI is InChI=1S/C13H9Cl2FN3O2/c14-8-3-1-7(2-4-10(17)20)12(16)13(8)21-11-5-9(15)18-6-19-11/h1-3,5-6H,4H2,(H2,17,20). The van der Waals surface area contributed by atoms with Gasteiger partial charge in [-0.15, -0.1) is 0 Å². The van der Waals surface area contributed by atoms with E-state index in [1.807, 2.05) is 0 Å². The van der Waals surface area contributed by atoms with Crippen LogP contribution in [0, 0.1) is 12.2 Å². The zero-order chi connectivity index (χ0) is 15.4. The molecule has 5 nitrogen and oxygen atoms in total. The van der Waals surface area contributed by atoms with Gasteiger partial charge in [0.15, 0.2) is 11.6 Å². The van der Waals surface area contributed by atoms with Gasteiger partial charge in [-0.05, 0) is 11.6 Å². The largest absolute Gasteiger partial charge is 0.434 e. The first-order chi connectivity index (χ1) is 9.97. The van der Waals surface area contributed by atoms with Gasteiger partial charge in [0.2, 0.25) is 11.8 Å². The van der Waals surface area contributed by atoms with Crippen molar-refractivity contribution >= 4 is 29.1 Å². The van der Waals surface area contributed by atoms with Crippen molar-refractivity contribution in [2.45, 2.75) is 6.42 Å². The first-order valence-corrected chi connectivity index (χ1v) is 6.48. The van der Waals surface area contributed by atoms with Gasteiger partial charge in [-0.2, -0.15) is 0 Å². The van der Waals surface area contributed by atoms with E-state index in [2.05, 4.69) is 9.97 Å². The molecule has 1 aromatic heterocycles. The molecule has 0 aliphatic carbocycles. The Labute approximate surface area is 129 Å². The SMILES string of the molecule is NC(=O)C[CH]c1ccc(Cl)c(Oc2cc(Cl)ncn2)c1F. The fraction of sp³-hybridized carbons (Fsp3) is 0.0769. The third-order valence-corrected chi connectivity index (χ3v) is 2.92. The van der Waals surface area contributed by atoms with Crippen molar-refractivity contribution in [3.05, 3.63) is 52.5 Å². The zero-order valence-electron chi connectivity index (χ0n) is 10.5. The number of halogens is 3. The first-order valence-electron chi connectivity index (χ1n) is 5.72. The molecule has 2 aromatic rings. The maximum Gasteiger partial charge on any atom is 0.224 e. The summed E-state index contributed by atoms with van der Waals surface area (Å²) >= 11 is 11.6. The molecule has 2 N–H and O–H groups in total. The smallest absolute Gasteiger partial charge is 0.224 e. The number of amides is 1. The zero-order valence-corrected chi connectivity index (χ0v) is 12.0. The number of carbonyl (C=O) groups excluding carboxylic acids is 1. The molecule has 0 spiro atoms. The summed E-state index contributed by atoms with van der Waals surface area (Å²) < 4.78 is 19.6. The Hall–Kier alpha value is -1.92. The third kappa shape index (κ3) is 4.03. The van der Waals surface area contributed by atoms with Crippen LogP contribution in [0.1, 0.15) is 12.0 Å². The van der Waals surface area contributed by atoms with E-state index in [4.69, 9.17) is 33.7 Å². The molecular weight excluding hydrogens is 320 g/mol. The second-order valence-electron chi connectivity index (χ2n) is 3.94. The normalized spacial score (nSPS) is 10.4. The summed E-state index contributed by atoms with van der Waals surface area (Å²) in [6.45, 7) is 0. The van der Waals surface area contributed by atoms with E-state index in [9.17, 15) is 9.18 Å². The summed E-state index contributed by atoms with van der Waals surface area (Å²) in [7, 11) is 0. The van der Waals surface area contributed by atoms with E-state index >= 15 is 0 Å². The van der Waals surface area contributed by atoms with Crippen molar-refractivity contribution in [2.24, 2.45) is 5.73 Å². The van der Waals surface area contributed by atoms with Crippen LogP contribution in [0.2, 0.25) is 10.2 Å². The number of rotatable bonds is 5. The van der Waals surface area contributed by atoms with Gasteiger partial charge in [0, 0.05) is 18.9 Å². The predicted octanol–water partition coefficient (Wildman–Crippen LogP) is 3.14. The molecule has 2 rings (SSSR count). The molecular formula is C13H9Cl2FN3O2. The topological polar surface area (TPSA) is 78.1 Å². The summed E-state index contributed by atoms with van der Waals surface area (Å²) in [6, 6.07) is 4.17. The molecule has 0 bridgehead atoms. The van der Waals surface area contributed by atoms with Crippen molar-refractivity contribution < 1.29 is 13.9 Å². The highest BCUT2D eigenvalue weighted by molar-refractivity contribution is 6.32. The summed E-state index contributed by atoms with van der Waals surface area (Å²) in [5, 5.41) is 0.200. The van der Waals surface area contributed by atoms with Crippen molar-refractivity contribution in [1.29, 1.82) is 0 Å². The Bertz CT molecular complexity index is 682. The van der Waals surface area contributed by atoms with E-state index < -0.39 is 11.7 Å². The van der Waals surface area contributed by atoms with Gasteiger partial charge in [-0.1, -0.05) is 29.3 Å². The van der Waals surface area contributed by atoms with E-state index in [0.29, 0.717) is 0 Å². The molecule has 1 heterocycles. The number of carbonyl (C=O) groups is 1. The lowest BCUT2D eigenvalue weighted by Crippen LogP contribution is -2.10. The fourth-order valence-electron chi connectivity index (χ4n) is 1.49. The van der Waals surface area contributed by atoms with Crippen LogP contribution in [0.15, 0.2) is 24.5 Å². The Balaban J connectivity index is 2.29. The molecule has 0 unspecified atom stereocenters. The van der Waals surface area contributed by atoms with Crippen molar-refractivity contribution in [1.82, 2.24) is 9.97 Å². The lowest BCUT2D eigenvalue weighted by molar-refractivity contribution is -0.117. The van der Waals surface area contributed by atoms with Gasteiger partial charge >= 0.3 is 0 Å². The summed E-state index contributed by atoms with van der Waals surface area (Å²) in [5.41, 5.74) is 5.16. The van der Waals surface area contributed by atoms with Crippen molar-refractivity contribution in [3.63, 3.8) is 0 Å². The molecule has 1 amide bonds. The van der Waals surface area contributed by atoms with E-state index in [-0.39, 0.29) is 33.8 Å². The number of benzene rings is 1. The van der Waals surface area contributed by atoms with Crippen LogP contribution in [0.3, 0.4) is 0 Å². The van der Waals surface area contributed by atoms with Crippen LogP contribution < -0.4 is 10.5 Å². The maximum atomic E-state index is 14.3. The van der Waals surface area contributed by atoms with Crippen LogP contribution in [0.5, 0.6) is 11.6 Å². The van der Waals surface area contributed by atoms with Gasteiger partial charge in [-0.25, -0.2) is 14.4 Å². The molecule has 1 radical (unpaired) electrons. The van der Waals surface area contributed by atoms with Crippen LogP contribution in [-0.4, -0.2) is 15.9 Å². The molecule has 0 saturated heterocycles. The van der Waals surface area contributed by atoms with E-state index in [0.717, 1.165) is 0 Å². The lowest BCUT2D eigenvalue weighted by Gasteiger charge is -2.10. The maximum absolute atomic E-state index is 14.3. The van der Waals surface area contributed by atoms with Crippen LogP contribution in [-0.2, 0) is 4.79 Å². The van der Waals surface area contributed by atoms with Gasteiger partial charge in [0.1, 0.15) is 11.5 Å². The predicted molar refractivity (Wildman–Crippen MR) is 75.7 cm³/mol. The molecule has 21 heavy (non-hydrogen) atoms. The number of hydrogen-bond acceptors (Lipinski definition) is 4. The fourth-order valence-corrected chi connectivity index (χ4v) is 1.81. The Morgan fingerprint density at radius 1 is 1.38 bits per heavy atom. The Kier molecular flexibility index (Phi) is 4.93. The Morgan fingerprint density at radius 2 is 2.14 bits per heavy atom. The van der Waals surface area contributed by atoms with Crippen LogP contribution >= 0.6 is 23.2 Å². The summed E-state index contributed by atoms with van der Waals surface area (Å²) in [4.78, 5) is 18.2. The van der Waals surface area contributed by atoms with Crippen molar-refractivity contribution in [2.75, 3.05) is 0 Å². The van der Waals surface area contributed by atoms with Crippen LogP contribution in [0.4, 0.5) is 4.39 Å². The number of hydrogen-bond donors (Lipinski definition) is 1. The lowest BCUT2D eigenvalue weighted by atomic mass is 10.1. The molecule has 109 valence electrons. The highest BCUT2D eigenvalue weighted by Crippen LogP contribution is 2.34. The first kappa shape index (κ1) is 15.5. The highest BCUT2D eigenvalue weighted by atomic mass is 35.5. The molecule has 8 heteroatoms. The number of aromatic nitrogens is 2. The average Bonchev–Trinajstić information content (AvgIpc) is 2.42. The highest BCUT2D eigenvalue weighted by Gasteiger charge is 2.16. The molecule has 1 aromatic carbocycles. The summed E-state index contributed by atoms with van der Waals surface area (Å²) in [6.07, 6.45) is 2.41. The minimum absolute atomic E-state index is 0.0443. The minimum atomic E-state index is -0.724. The molecule has 0 aliphatic rings. The van der Waals surface area contributed by atoms with E-state index in [1.165, 1.54) is 30.9 Å². The number of primary amides is 1. The quantitative estimate of drug-likeness (QED) is 0.855. The molecule has 0 atom stereocenters. The number of nitrogens with two attached hydrogens (primary N) is 1. The van der Waals surface area contributed by atoms with Gasteiger partial charge in [0.25, 0.3) is 0 Å². The second-order valence-corrected chi connectivity index (χ2v) is 4.73. The summed E-state index contributed by atoms with van der Waals surface area (Å²) in [5.74, 6) is -1.47. The monoisotopic (exact) mass is 328 g/mol. The molecule has 0 saturated carbocycles. The third-order valence-electron chi connectivity index (χ3n) is 2.42. The average molecular weight is 329 g/mol. The van der Waals surface area contributed by atoms with Gasteiger partial charge in [0.05, 0.1) is 5.02 Å². The van der Waals surface area contributed by atoms with E-state index in [1.54, 1.807) is 0 Å². The number of nitrogens with zero attached hydrogens (tertiary/aromatic N) is 2. The Morgan fingerprint density at radius 3 is 2.81 bits per heavy atom. The van der Waals surface area contributed by atoms with Gasteiger partial charge in [-0.3, -0.25) is 4.79 Å². The number of ether oxygens (including phenoxy) is 1. The van der Waals surface area contributed by atoms with Crippen molar-refractivity contribution in [3.8, 4) is 11.6 Å². The molecule has 0 aliphatic heterocycles. The van der Waals surface area contributed by atoms with Gasteiger partial charge < -0.3 is 10.5 Å². The van der Waals surface area contributed by atoms with Crippen LogP contribution in [0.25, 0.3) is 0 Å². The second kappa shape index (κ2) is 6.69.